The highest BCUT2D eigenvalue weighted by molar-refractivity contribution is 5.37. The molecule has 1 aromatic rings. The molecule has 0 atom stereocenters. The van der Waals surface area contributed by atoms with Gasteiger partial charge in [0.1, 0.15) is 0 Å². The van der Waals surface area contributed by atoms with Crippen LogP contribution in [0, 0.1) is 11.8 Å². The van der Waals surface area contributed by atoms with Crippen molar-refractivity contribution in [2.24, 2.45) is 5.73 Å². The summed E-state index contributed by atoms with van der Waals surface area (Å²) < 4.78 is 0. The Morgan fingerprint density at radius 2 is 2.00 bits per heavy atom. The fourth-order valence-corrected chi connectivity index (χ4v) is 1.61. The second-order valence-electron chi connectivity index (χ2n) is 3.67. The van der Waals surface area contributed by atoms with Crippen LogP contribution in [0.25, 0.3) is 0 Å². The molecule has 86 valence electrons. The van der Waals surface area contributed by atoms with Crippen LogP contribution < -0.4 is 5.73 Å². The first-order valence-corrected chi connectivity index (χ1v) is 5.80. The predicted octanol–water partition coefficient (Wildman–Crippen LogP) is 1.84. The van der Waals surface area contributed by atoms with Crippen molar-refractivity contribution in [1.29, 1.82) is 0 Å². The molecule has 0 aromatic heterocycles. The van der Waals surface area contributed by atoms with Gasteiger partial charge in [0, 0.05) is 12.1 Å². The van der Waals surface area contributed by atoms with Gasteiger partial charge < -0.3 is 5.73 Å². The quantitative estimate of drug-likeness (QED) is 0.778. The molecule has 2 N–H and O–H groups in total. The fraction of sp³-hybridized carbons (Fsp3) is 0.429. The molecule has 16 heavy (non-hydrogen) atoms. The summed E-state index contributed by atoms with van der Waals surface area (Å²) in [7, 11) is 0. The molecule has 2 nitrogen and oxygen atoms in total. The summed E-state index contributed by atoms with van der Waals surface area (Å²) in [6, 6.07) is 8.36. The third-order valence-electron chi connectivity index (χ3n) is 2.56. The highest BCUT2D eigenvalue weighted by Crippen LogP contribution is 2.07. The summed E-state index contributed by atoms with van der Waals surface area (Å²) in [4.78, 5) is 2.38. The first-order valence-electron chi connectivity index (χ1n) is 5.80. The van der Waals surface area contributed by atoms with Crippen LogP contribution in [0.1, 0.15) is 25.0 Å². The average molecular weight is 216 g/mol. The smallest absolute Gasteiger partial charge is 0.0555 e. The van der Waals surface area contributed by atoms with Crippen molar-refractivity contribution < 1.29 is 0 Å². The van der Waals surface area contributed by atoms with E-state index in [2.05, 4.69) is 48.8 Å². The third kappa shape index (κ3) is 4.06. The minimum absolute atomic E-state index is 0.417. The van der Waals surface area contributed by atoms with Crippen LogP contribution in [0.3, 0.4) is 0 Å². The summed E-state index contributed by atoms with van der Waals surface area (Å²) in [6.07, 6.45) is 0. The van der Waals surface area contributed by atoms with Gasteiger partial charge in [-0.3, -0.25) is 4.90 Å². The molecular formula is C14H20N2. The second kappa shape index (κ2) is 7.05. The van der Waals surface area contributed by atoms with Crippen molar-refractivity contribution in [3.8, 4) is 11.8 Å². The number of nitrogens with two attached hydrogens (primary N) is 1. The molecule has 2 heteroatoms. The first-order chi connectivity index (χ1) is 7.80. The van der Waals surface area contributed by atoms with E-state index in [1.807, 2.05) is 6.07 Å². The lowest BCUT2D eigenvalue weighted by molar-refractivity contribution is 0.296. The van der Waals surface area contributed by atoms with Crippen molar-refractivity contribution in [3.63, 3.8) is 0 Å². The van der Waals surface area contributed by atoms with Crippen molar-refractivity contribution in [2.45, 2.75) is 20.4 Å². The number of nitrogens with zero attached hydrogens (tertiary/aromatic N) is 1. The van der Waals surface area contributed by atoms with E-state index in [0.717, 1.165) is 25.2 Å². The van der Waals surface area contributed by atoms with Gasteiger partial charge in [-0.05, 0) is 30.8 Å². The van der Waals surface area contributed by atoms with Crippen LogP contribution >= 0.6 is 0 Å². The number of hydrogen-bond donors (Lipinski definition) is 1. The Balaban J connectivity index is 2.74. The molecule has 0 spiro atoms. The zero-order valence-corrected chi connectivity index (χ0v) is 10.2. The Morgan fingerprint density at radius 1 is 1.25 bits per heavy atom. The highest BCUT2D eigenvalue weighted by Gasteiger charge is 2.00. The van der Waals surface area contributed by atoms with Gasteiger partial charge in [-0.2, -0.15) is 0 Å². The number of rotatable bonds is 4. The minimum atomic E-state index is 0.417. The molecule has 0 heterocycles. The van der Waals surface area contributed by atoms with Gasteiger partial charge in [0.15, 0.2) is 0 Å². The molecule has 0 radical (unpaired) electrons. The number of benzene rings is 1. The van der Waals surface area contributed by atoms with E-state index in [1.165, 1.54) is 5.56 Å². The summed E-state index contributed by atoms with van der Waals surface area (Å²) >= 11 is 0. The second-order valence-corrected chi connectivity index (χ2v) is 3.67. The lowest BCUT2D eigenvalue weighted by Crippen LogP contribution is -2.22. The van der Waals surface area contributed by atoms with Crippen molar-refractivity contribution in [2.75, 3.05) is 19.6 Å². The normalized spacial score (nSPS) is 10.0. The van der Waals surface area contributed by atoms with Gasteiger partial charge in [0.2, 0.25) is 0 Å². The van der Waals surface area contributed by atoms with Crippen LogP contribution in [-0.2, 0) is 6.54 Å². The standard InChI is InChI=1S/C14H20N2/c1-3-16(4-2)12-14-8-5-7-13(11-14)9-6-10-15/h5,7-8,11H,3-4,10,12,15H2,1-2H3. The lowest BCUT2D eigenvalue weighted by Gasteiger charge is -2.17. The predicted molar refractivity (Wildman–Crippen MR) is 69.0 cm³/mol. The maximum Gasteiger partial charge on any atom is 0.0555 e. The van der Waals surface area contributed by atoms with E-state index in [0.29, 0.717) is 6.54 Å². The monoisotopic (exact) mass is 216 g/mol. The summed E-state index contributed by atoms with van der Waals surface area (Å²) in [5, 5.41) is 0. The Labute approximate surface area is 98.4 Å². The topological polar surface area (TPSA) is 29.3 Å². The minimum Gasteiger partial charge on any atom is -0.320 e. The zero-order valence-electron chi connectivity index (χ0n) is 10.2. The molecule has 0 amide bonds. The van der Waals surface area contributed by atoms with Crippen LogP contribution in [0.4, 0.5) is 0 Å². The maximum absolute atomic E-state index is 5.36. The zero-order chi connectivity index (χ0) is 11.8. The largest absolute Gasteiger partial charge is 0.320 e. The third-order valence-corrected chi connectivity index (χ3v) is 2.56. The van der Waals surface area contributed by atoms with Gasteiger partial charge in [0.25, 0.3) is 0 Å². The van der Waals surface area contributed by atoms with Gasteiger partial charge in [0.05, 0.1) is 6.54 Å². The van der Waals surface area contributed by atoms with Crippen LogP contribution in [-0.4, -0.2) is 24.5 Å². The van der Waals surface area contributed by atoms with E-state index in [-0.39, 0.29) is 0 Å². The molecule has 0 fully saturated rings. The van der Waals surface area contributed by atoms with Gasteiger partial charge in [-0.25, -0.2) is 0 Å². The lowest BCUT2D eigenvalue weighted by atomic mass is 10.1. The molecule has 0 aliphatic carbocycles. The van der Waals surface area contributed by atoms with Crippen LogP contribution in [0.2, 0.25) is 0 Å². The molecule has 0 aliphatic heterocycles. The van der Waals surface area contributed by atoms with E-state index in [4.69, 9.17) is 5.73 Å². The van der Waals surface area contributed by atoms with Crippen LogP contribution in [0.5, 0.6) is 0 Å². The average Bonchev–Trinajstić information content (AvgIpc) is 2.34. The van der Waals surface area contributed by atoms with Crippen LogP contribution in [0.15, 0.2) is 24.3 Å². The van der Waals surface area contributed by atoms with Gasteiger partial charge >= 0.3 is 0 Å². The van der Waals surface area contributed by atoms with E-state index < -0.39 is 0 Å². The Bertz CT molecular complexity index is 370. The van der Waals surface area contributed by atoms with Crippen molar-refractivity contribution in [3.05, 3.63) is 35.4 Å². The summed E-state index contributed by atoms with van der Waals surface area (Å²) in [5.41, 5.74) is 7.72. The molecule has 0 unspecified atom stereocenters. The Morgan fingerprint density at radius 3 is 2.62 bits per heavy atom. The molecule has 0 saturated carbocycles. The van der Waals surface area contributed by atoms with E-state index in [1.54, 1.807) is 0 Å². The van der Waals surface area contributed by atoms with E-state index >= 15 is 0 Å². The molecule has 0 saturated heterocycles. The van der Waals surface area contributed by atoms with Gasteiger partial charge in [-0.15, -0.1) is 0 Å². The highest BCUT2D eigenvalue weighted by atomic mass is 15.1. The first kappa shape index (κ1) is 12.8. The Hall–Kier alpha value is -1.30. The van der Waals surface area contributed by atoms with Crippen molar-refractivity contribution >= 4 is 0 Å². The fourth-order valence-electron chi connectivity index (χ4n) is 1.61. The molecule has 0 bridgehead atoms. The Kier molecular flexibility index (Phi) is 5.63. The van der Waals surface area contributed by atoms with E-state index in [9.17, 15) is 0 Å². The molecule has 1 aromatic carbocycles. The van der Waals surface area contributed by atoms with Gasteiger partial charge in [-0.1, -0.05) is 37.8 Å². The molecule has 0 aliphatic rings. The number of hydrogen-bond acceptors (Lipinski definition) is 2. The molecule has 1 rings (SSSR count). The van der Waals surface area contributed by atoms with Crippen molar-refractivity contribution in [1.82, 2.24) is 4.90 Å². The SMILES string of the molecule is CCN(CC)Cc1cccc(C#CCN)c1. The molecular weight excluding hydrogens is 196 g/mol. The maximum atomic E-state index is 5.36. The summed E-state index contributed by atoms with van der Waals surface area (Å²) in [6.45, 7) is 7.93. The summed E-state index contributed by atoms with van der Waals surface area (Å²) in [5.74, 6) is 5.94.